The van der Waals surface area contributed by atoms with Crippen molar-refractivity contribution in [1.82, 2.24) is 4.98 Å². The highest BCUT2D eigenvalue weighted by Gasteiger charge is 2.20. The molecule has 4 heteroatoms. The lowest BCUT2D eigenvalue weighted by Crippen LogP contribution is -2.15. The van der Waals surface area contributed by atoms with Gasteiger partial charge in [0.05, 0.1) is 11.7 Å². The van der Waals surface area contributed by atoms with E-state index in [4.69, 9.17) is 5.73 Å². The van der Waals surface area contributed by atoms with E-state index in [0.717, 1.165) is 16.3 Å². The molecule has 0 aliphatic rings. The van der Waals surface area contributed by atoms with Crippen LogP contribution in [0.1, 0.15) is 43.1 Å². The summed E-state index contributed by atoms with van der Waals surface area (Å²) in [6, 6.07) is 6.01. The molecule has 0 spiro atoms. The molecule has 0 bridgehead atoms. The van der Waals surface area contributed by atoms with E-state index in [1.54, 1.807) is 6.07 Å². The first-order chi connectivity index (χ1) is 8.38. The largest absolute Gasteiger partial charge is 0.318 e. The normalized spacial score (nSPS) is 13.6. The molecule has 2 nitrogen and oxygen atoms in total. The van der Waals surface area contributed by atoms with Crippen molar-refractivity contribution in [2.24, 2.45) is 5.73 Å². The number of aromatic nitrogens is 1. The van der Waals surface area contributed by atoms with Crippen LogP contribution in [0, 0.1) is 5.82 Å². The summed E-state index contributed by atoms with van der Waals surface area (Å²) in [7, 11) is 0. The van der Waals surface area contributed by atoms with E-state index in [1.807, 2.05) is 11.4 Å². The molecule has 1 aromatic heterocycles. The number of hydrogen-bond donors (Lipinski definition) is 1. The average Bonchev–Trinajstić information content (AvgIpc) is 2.77. The van der Waals surface area contributed by atoms with Gasteiger partial charge in [-0.1, -0.05) is 32.9 Å². The molecule has 2 N–H and O–H groups in total. The molecule has 0 amide bonds. The number of rotatable bonds is 2. The fourth-order valence-electron chi connectivity index (χ4n) is 1.62. The predicted molar refractivity (Wildman–Crippen MR) is 73.2 cm³/mol. The van der Waals surface area contributed by atoms with Crippen molar-refractivity contribution in [3.63, 3.8) is 0 Å². The molecule has 0 radical (unpaired) electrons. The first kappa shape index (κ1) is 13.2. The Balaban J connectivity index is 2.29. The van der Waals surface area contributed by atoms with Crippen LogP contribution in [0.4, 0.5) is 4.39 Å². The Morgan fingerprint density at radius 2 is 2.06 bits per heavy atom. The maximum absolute atomic E-state index is 13.2. The molecule has 1 heterocycles. The summed E-state index contributed by atoms with van der Waals surface area (Å²) >= 11 is 1.53. The van der Waals surface area contributed by atoms with Gasteiger partial charge in [-0.05, 0) is 17.7 Å². The number of nitrogens with zero attached hydrogens (tertiary/aromatic N) is 1. The number of nitrogens with two attached hydrogens (primary N) is 1. The highest BCUT2D eigenvalue weighted by atomic mass is 32.1. The lowest BCUT2D eigenvalue weighted by molar-refractivity contribution is 0.569. The predicted octanol–water partition coefficient (Wildman–Crippen LogP) is 3.63. The van der Waals surface area contributed by atoms with Crippen LogP contribution < -0.4 is 5.73 Å². The summed E-state index contributed by atoms with van der Waals surface area (Å²) < 4.78 is 13.2. The van der Waals surface area contributed by atoms with Gasteiger partial charge in [0, 0.05) is 10.8 Å². The number of thiazole rings is 1. The fourth-order valence-corrected chi connectivity index (χ4v) is 2.69. The zero-order chi connectivity index (χ0) is 13.3. The third-order valence-electron chi connectivity index (χ3n) is 2.76. The van der Waals surface area contributed by atoms with E-state index in [0.29, 0.717) is 0 Å². The molecule has 0 aliphatic heterocycles. The number of hydrogen-bond acceptors (Lipinski definition) is 3. The van der Waals surface area contributed by atoms with Crippen LogP contribution in [-0.4, -0.2) is 4.98 Å². The zero-order valence-corrected chi connectivity index (χ0v) is 11.6. The van der Waals surface area contributed by atoms with Gasteiger partial charge < -0.3 is 5.73 Å². The van der Waals surface area contributed by atoms with Gasteiger partial charge in [-0.15, -0.1) is 11.3 Å². The second kappa shape index (κ2) is 4.78. The molecule has 1 unspecified atom stereocenters. The summed E-state index contributed by atoms with van der Waals surface area (Å²) in [4.78, 5) is 4.56. The van der Waals surface area contributed by atoms with E-state index in [2.05, 4.69) is 25.8 Å². The van der Waals surface area contributed by atoms with Crippen molar-refractivity contribution in [2.75, 3.05) is 0 Å². The van der Waals surface area contributed by atoms with Crippen molar-refractivity contribution < 1.29 is 4.39 Å². The molecular weight excluding hydrogens is 247 g/mol. The molecule has 1 atom stereocenters. The Labute approximate surface area is 111 Å². The van der Waals surface area contributed by atoms with Gasteiger partial charge in [0.15, 0.2) is 0 Å². The van der Waals surface area contributed by atoms with Crippen LogP contribution in [-0.2, 0) is 5.41 Å². The van der Waals surface area contributed by atoms with Crippen LogP contribution in [0.15, 0.2) is 29.6 Å². The Bertz CT molecular complexity index is 543. The lowest BCUT2D eigenvalue weighted by Gasteiger charge is -2.15. The highest BCUT2D eigenvalue weighted by molar-refractivity contribution is 7.09. The van der Waals surface area contributed by atoms with Crippen molar-refractivity contribution >= 4 is 11.3 Å². The molecule has 0 aliphatic carbocycles. The van der Waals surface area contributed by atoms with Gasteiger partial charge in [-0.3, -0.25) is 0 Å². The van der Waals surface area contributed by atoms with Gasteiger partial charge in [0.1, 0.15) is 10.8 Å². The quantitative estimate of drug-likeness (QED) is 0.899. The minimum Gasteiger partial charge on any atom is -0.318 e. The summed E-state index contributed by atoms with van der Waals surface area (Å²) in [5.41, 5.74) is 7.91. The van der Waals surface area contributed by atoms with E-state index < -0.39 is 0 Å². The fraction of sp³-hybridized carbons (Fsp3) is 0.357. The number of benzene rings is 1. The SMILES string of the molecule is CC(C)(C)c1csc(C(N)c2cccc(F)c2)n1. The molecular formula is C14H17FN2S. The van der Waals surface area contributed by atoms with E-state index in [-0.39, 0.29) is 17.3 Å². The van der Waals surface area contributed by atoms with E-state index >= 15 is 0 Å². The first-order valence-corrected chi connectivity index (χ1v) is 6.73. The number of halogens is 1. The second-order valence-corrected chi connectivity index (χ2v) is 6.24. The van der Waals surface area contributed by atoms with Gasteiger partial charge in [0.25, 0.3) is 0 Å². The third kappa shape index (κ3) is 2.76. The van der Waals surface area contributed by atoms with Crippen molar-refractivity contribution in [3.05, 3.63) is 51.7 Å². The lowest BCUT2D eigenvalue weighted by atomic mass is 9.93. The van der Waals surface area contributed by atoms with Gasteiger partial charge in [-0.2, -0.15) is 0 Å². The van der Waals surface area contributed by atoms with E-state index in [9.17, 15) is 4.39 Å². The minimum absolute atomic E-state index is 0.0103. The Morgan fingerprint density at radius 1 is 1.33 bits per heavy atom. The Hall–Kier alpha value is -1.26. The summed E-state index contributed by atoms with van der Waals surface area (Å²) in [5, 5.41) is 2.85. The highest BCUT2D eigenvalue weighted by Crippen LogP contribution is 2.28. The zero-order valence-electron chi connectivity index (χ0n) is 10.8. The van der Waals surface area contributed by atoms with Crippen LogP contribution in [0.25, 0.3) is 0 Å². The third-order valence-corrected chi connectivity index (χ3v) is 3.69. The topological polar surface area (TPSA) is 38.9 Å². The van der Waals surface area contributed by atoms with Crippen LogP contribution in [0.3, 0.4) is 0 Å². The van der Waals surface area contributed by atoms with Crippen molar-refractivity contribution in [3.8, 4) is 0 Å². The van der Waals surface area contributed by atoms with Crippen LogP contribution >= 0.6 is 11.3 Å². The first-order valence-electron chi connectivity index (χ1n) is 5.85. The molecule has 0 saturated heterocycles. The molecule has 0 saturated carbocycles. The Kier molecular flexibility index (Phi) is 3.50. The van der Waals surface area contributed by atoms with Crippen LogP contribution in [0.2, 0.25) is 0 Å². The van der Waals surface area contributed by atoms with Crippen LogP contribution in [0.5, 0.6) is 0 Å². The minimum atomic E-state index is -0.359. The van der Waals surface area contributed by atoms with E-state index in [1.165, 1.54) is 23.5 Å². The molecule has 18 heavy (non-hydrogen) atoms. The Morgan fingerprint density at radius 3 is 2.61 bits per heavy atom. The molecule has 1 aromatic carbocycles. The van der Waals surface area contributed by atoms with Gasteiger partial charge in [-0.25, -0.2) is 9.37 Å². The van der Waals surface area contributed by atoms with Crippen molar-refractivity contribution in [2.45, 2.75) is 32.2 Å². The van der Waals surface area contributed by atoms with Gasteiger partial charge in [0.2, 0.25) is 0 Å². The molecule has 96 valence electrons. The average molecular weight is 264 g/mol. The molecule has 0 fully saturated rings. The monoisotopic (exact) mass is 264 g/mol. The molecule has 2 aromatic rings. The van der Waals surface area contributed by atoms with Gasteiger partial charge >= 0.3 is 0 Å². The molecule has 2 rings (SSSR count). The summed E-state index contributed by atoms with van der Waals surface area (Å²) in [6.45, 7) is 6.33. The maximum Gasteiger partial charge on any atom is 0.123 e. The van der Waals surface area contributed by atoms with Crippen molar-refractivity contribution in [1.29, 1.82) is 0 Å². The maximum atomic E-state index is 13.2. The second-order valence-electron chi connectivity index (χ2n) is 5.35. The summed E-state index contributed by atoms with van der Waals surface area (Å²) in [5.74, 6) is -0.268. The smallest absolute Gasteiger partial charge is 0.123 e. The standard InChI is InChI=1S/C14H17FN2S/c1-14(2,3)11-8-18-13(17-11)12(16)9-5-4-6-10(15)7-9/h4-8,12H,16H2,1-3H3. The summed E-state index contributed by atoms with van der Waals surface area (Å²) in [6.07, 6.45) is 0.